The number of hydrogen-bond donors (Lipinski definition) is 3. The maximum Gasteiger partial charge on any atom is 0.646 e. The molecule has 7 atom stereocenters. The van der Waals surface area contributed by atoms with Gasteiger partial charge in [-0.3, -0.25) is 0 Å². The van der Waals surface area contributed by atoms with E-state index in [4.69, 9.17) is 126 Å². The van der Waals surface area contributed by atoms with Crippen molar-refractivity contribution >= 4 is 86.3 Å². The Morgan fingerprint density at radius 1 is 0.328 bits per heavy atom. The highest BCUT2D eigenvalue weighted by Gasteiger charge is 2.77. The summed E-state index contributed by atoms with van der Waals surface area (Å²) in [4.78, 5) is 13.9. The molecule has 137 heavy (non-hydrogen) atoms. The first-order valence-corrected chi connectivity index (χ1v) is 68.8. The van der Waals surface area contributed by atoms with Gasteiger partial charge in [-0.25, -0.2) is 4.79 Å². The second kappa shape index (κ2) is 58.5. The van der Waals surface area contributed by atoms with Crippen LogP contribution in [0.15, 0.2) is 158 Å². The Balaban J connectivity index is 0.692. The van der Waals surface area contributed by atoms with Crippen molar-refractivity contribution in [3.63, 3.8) is 0 Å². The number of nitrogens with one attached hydrogen (secondary N) is 1. The molecule has 4 aliphatic heterocycles. The zero-order valence-electron chi connectivity index (χ0n) is 82.5. The second-order valence-corrected chi connectivity index (χ2v) is 61.3. The number of rotatable bonds is 68. The lowest BCUT2D eigenvalue weighted by Crippen LogP contribution is -2.83. The van der Waals surface area contributed by atoms with Gasteiger partial charge in [-0.2, -0.15) is 0 Å². The Kier molecular flexibility index (Phi) is 47.4. The lowest BCUT2D eigenvalue weighted by Gasteiger charge is -2.57. The fourth-order valence-electron chi connectivity index (χ4n) is 16.6. The normalized spacial score (nSPS) is 21.8. The van der Waals surface area contributed by atoms with Crippen LogP contribution in [0.4, 0.5) is 4.79 Å². The van der Waals surface area contributed by atoms with Crippen molar-refractivity contribution in [1.82, 2.24) is 5.32 Å². The fraction of sp³-hybridized carbons (Fsp3) is 0.561. The van der Waals surface area contributed by atoms with Crippen LogP contribution in [0.2, 0.25) is 58.4 Å². The molecule has 7 aromatic carbocycles. The molecule has 1 amide bonds. The van der Waals surface area contributed by atoms with Gasteiger partial charge in [0.1, 0.15) is 43.7 Å². The zero-order valence-corrected chi connectivity index (χ0v) is 91.9. The number of hydrogen-bond acceptors (Lipinski definition) is 29. The molecule has 0 aliphatic carbocycles. The summed E-state index contributed by atoms with van der Waals surface area (Å²) in [5, 5.41) is 20.7. The van der Waals surface area contributed by atoms with Gasteiger partial charge in [0.15, 0.2) is 21.3 Å². The molecular weight excluding hydrogens is 1910 g/mol. The number of alkyl carbamates (subject to hydrolysis) is 1. The molecule has 3 N–H and O–H groups in total. The van der Waals surface area contributed by atoms with Gasteiger partial charge in [-0.1, -0.05) is 193 Å². The van der Waals surface area contributed by atoms with E-state index in [0.29, 0.717) is 141 Å². The largest absolute Gasteiger partial charge is 0.646 e. The number of ether oxygens (including phenoxy) is 13. The van der Waals surface area contributed by atoms with Crippen molar-refractivity contribution < 1.29 is 130 Å². The van der Waals surface area contributed by atoms with Crippen LogP contribution < -0.4 is 33.7 Å². The number of aliphatic hydroxyl groups is 2. The minimum atomic E-state index is -4.46. The number of carbonyl (C=O) groups is 1. The Bertz CT molecular complexity index is 4430. The minimum absolute atomic E-state index is 0.00121. The van der Waals surface area contributed by atoms with E-state index in [2.05, 4.69) is 121 Å². The Labute approximate surface area is 823 Å². The highest BCUT2D eigenvalue weighted by atomic mass is 28.6. The molecule has 0 aromatic heterocycles. The van der Waals surface area contributed by atoms with Crippen molar-refractivity contribution in [2.75, 3.05) is 146 Å². The summed E-state index contributed by atoms with van der Waals surface area (Å²) in [7, 11) is -30.7. The minimum Gasteiger partial charge on any atom is -0.491 e. The molecule has 4 fully saturated rings. The molecule has 39 heteroatoms. The Hall–Kier alpha value is -6.28. The quantitative estimate of drug-likeness (QED) is 0.0236. The van der Waals surface area contributed by atoms with E-state index in [9.17, 15) is 4.79 Å². The molecule has 6 bridgehead atoms. The SMILES string of the molecule is CCCOCCOCCOc1ccc(-c2ccc(CCCCCCCCOc3c(OCCCCCCCCc4ccc(-c5ccc(OCCOCCOCCO)cc5)cc4)cc(COC(=O)NCC[SiH2]O[Si]45O[Si](C)(OC)O[Si]6(C)O[Si]7(C)O[Si](C)(C)O[Si](C)(O[Si](C)(O7)O[Si](C)(O6)O4)O5)cc3OCCCCCCCCc3ccc(-c4ccc(OCCOCCOCCO)cc4)cc3)cc2)cc1. The molecular formula is C98H151NO29Si9. The van der Waals surface area contributed by atoms with E-state index in [1.54, 1.807) is 39.3 Å². The fourth-order valence-corrected chi connectivity index (χ4v) is 61.0. The van der Waals surface area contributed by atoms with Crippen molar-refractivity contribution in [2.45, 2.75) is 213 Å². The first-order valence-electron chi connectivity index (χ1n) is 49.4. The maximum absolute atomic E-state index is 13.9. The van der Waals surface area contributed by atoms with Crippen LogP contribution in [0.3, 0.4) is 0 Å². The van der Waals surface area contributed by atoms with E-state index in [1.165, 1.54) is 29.4 Å². The molecule has 4 aliphatic rings. The van der Waals surface area contributed by atoms with E-state index in [1.807, 2.05) is 61.6 Å². The zero-order chi connectivity index (χ0) is 96.8. The van der Waals surface area contributed by atoms with Gasteiger partial charge >= 0.3 is 76.5 Å². The second-order valence-electron chi connectivity index (χ2n) is 35.5. The number of benzene rings is 7. The maximum atomic E-state index is 13.9. The summed E-state index contributed by atoms with van der Waals surface area (Å²) in [5.41, 5.74) is 11.6. The summed E-state index contributed by atoms with van der Waals surface area (Å²) < 4.78 is 165. The Morgan fingerprint density at radius 2 is 0.642 bits per heavy atom. The highest BCUT2D eigenvalue weighted by molar-refractivity contribution is 6.99. The molecule has 7 unspecified atom stereocenters. The van der Waals surface area contributed by atoms with Crippen LogP contribution in [0.25, 0.3) is 33.4 Å². The predicted octanol–water partition coefficient (Wildman–Crippen LogP) is 18.4. The lowest BCUT2D eigenvalue weighted by atomic mass is 10.0. The first-order chi connectivity index (χ1) is 66.4. The van der Waals surface area contributed by atoms with Crippen molar-refractivity contribution in [1.29, 1.82) is 0 Å². The summed E-state index contributed by atoms with van der Waals surface area (Å²) in [6.07, 6.45) is 22.3. The summed E-state index contributed by atoms with van der Waals surface area (Å²) in [6, 6.07) is 55.5. The Morgan fingerprint density at radius 3 is 1.01 bits per heavy atom. The van der Waals surface area contributed by atoms with Crippen LogP contribution >= 0.6 is 0 Å². The number of unbranched alkanes of at least 4 members (excludes halogenated alkanes) is 15. The van der Waals surface area contributed by atoms with E-state index >= 15 is 0 Å². The molecule has 7 aromatic rings. The highest BCUT2D eigenvalue weighted by Crippen LogP contribution is 2.47. The molecule has 0 radical (unpaired) electrons. The number of carbonyl (C=O) groups excluding carboxylic acids is 1. The van der Waals surface area contributed by atoms with Gasteiger partial charge in [0.25, 0.3) is 0 Å². The van der Waals surface area contributed by atoms with Gasteiger partial charge in [0, 0.05) is 59.5 Å². The molecule has 11 rings (SSSR count). The third-order valence-corrected chi connectivity index (χ3v) is 58.7. The summed E-state index contributed by atoms with van der Waals surface area (Å²) in [6.45, 7) is 24.8. The smallest absolute Gasteiger partial charge is 0.491 e. The number of amides is 1. The van der Waals surface area contributed by atoms with Crippen LogP contribution in [0, 0.1) is 0 Å². The van der Waals surface area contributed by atoms with Gasteiger partial charge in [0.05, 0.1) is 106 Å². The van der Waals surface area contributed by atoms with Gasteiger partial charge < -0.3 is 131 Å². The molecule has 0 saturated carbocycles. The van der Waals surface area contributed by atoms with Crippen LogP contribution in [-0.2, 0) is 113 Å². The number of aryl methyl sites for hydroxylation is 3. The van der Waals surface area contributed by atoms with Crippen molar-refractivity contribution in [3.8, 4) is 67.9 Å². The molecule has 0 spiro atoms. The number of fused-ring (bicyclic) bond motifs is 4. The van der Waals surface area contributed by atoms with E-state index in [0.717, 1.165) is 193 Å². The van der Waals surface area contributed by atoms with E-state index < -0.39 is 86.3 Å². The predicted molar refractivity (Wildman–Crippen MR) is 543 cm³/mol. The third kappa shape index (κ3) is 39.8. The van der Waals surface area contributed by atoms with Gasteiger partial charge in [0.2, 0.25) is 5.75 Å². The summed E-state index contributed by atoms with van der Waals surface area (Å²) >= 11 is 0. The topological polar surface area (TPSA) is 310 Å². The third-order valence-electron chi connectivity index (χ3n) is 22.9. The molecule has 4 heterocycles. The molecule has 30 nitrogen and oxygen atoms in total. The monoisotopic (exact) mass is 2060 g/mol. The van der Waals surface area contributed by atoms with E-state index in [-0.39, 0.29) is 26.4 Å². The van der Waals surface area contributed by atoms with Crippen LogP contribution in [0.1, 0.15) is 151 Å². The standard InChI is InChI=1S/C98H151NO29Si9/c1-11-60-104-66-69-107-72-75-110-92-51-45-89(46-52-92)88-43-37-84(38-44-88)32-26-20-14-17-23-29-63-115-97-95(113-61-27-21-15-12-18-24-30-82-33-39-86(40-34-82)90-47-53-93(54-48-90)111-76-73-108-70-67-105-64-58-100)79-85(80-96(97)114-62-28-22-16-13-19-25-31-83-35-41-87(42-36-83)91-49-55-94(56-50-91)112-77-74-109-71-68-106-65-59-101)81-116-98(102)99-57-78-129-117-137-126-131(5,103-2)120-134(8)121-132(6)118-130(3,4)119-133(7,127-137)123-135(9,122-132)125-136(10,124-134)128-137/h33-56,79-80,100-101H,11-32,57-78,81,129H2,1-10H3,(H,99,102). The van der Waals surface area contributed by atoms with Crippen molar-refractivity contribution in [3.05, 3.63) is 180 Å². The lowest BCUT2D eigenvalue weighted by molar-refractivity contribution is -0.0143. The van der Waals surface area contributed by atoms with Gasteiger partial charge in [-0.05, 0) is 188 Å². The summed E-state index contributed by atoms with van der Waals surface area (Å²) in [5.74, 6) is 4.06. The average molecular weight is 2060 g/mol. The van der Waals surface area contributed by atoms with Crippen LogP contribution in [-0.4, -0.2) is 242 Å². The number of aliphatic hydroxyl groups excluding tert-OH is 2. The molecule has 758 valence electrons. The first kappa shape index (κ1) is 111. The average Bonchev–Trinajstić information content (AvgIpc) is 0.711. The van der Waals surface area contributed by atoms with Crippen LogP contribution in [0.5, 0.6) is 34.5 Å². The molecule has 4 saturated heterocycles. The van der Waals surface area contributed by atoms with Crippen molar-refractivity contribution in [2.24, 2.45) is 0 Å². The van der Waals surface area contributed by atoms with Gasteiger partial charge in [-0.15, -0.1) is 0 Å².